The molecule has 1 aliphatic rings. The summed E-state index contributed by atoms with van der Waals surface area (Å²) in [6.07, 6.45) is 1.58. The predicted octanol–water partition coefficient (Wildman–Crippen LogP) is 5.05. The molecule has 1 saturated heterocycles. The minimum atomic E-state index is -0.00133. The van der Waals surface area contributed by atoms with Crippen LogP contribution in [0.2, 0.25) is 10.0 Å². The molecule has 4 nitrogen and oxygen atoms in total. The molecule has 0 saturated carbocycles. The van der Waals surface area contributed by atoms with E-state index in [0.29, 0.717) is 23.8 Å². The van der Waals surface area contributed by atoms with Crippen molar-refractivity contribution in [1.82, 2.24) is 0 Å². The number of rotatable bonds is 3. The maximum absolute atomic E-state index is 10.1. The maximum atomic E-state index is 10.1. The van der Waals surface area contributed by atoms with Gasteiger partial charge in [-0.05, 0) is 30.3 Å². The number of benzene rings is 2. The van der Waals surface area contributed by atoms with Crippen molar-refractivity contribution in [3.8, 4) is 5.75 Å². The van der Waals surface area contributed by atoms with Gasteiger partial charge in [-0.2, -0.15) is 0 Å². The Morgan fingerprint density at radius 1 is 1.17 bits per heavy atom. The standard InChI is InChI=1S/C17H15BrCl2N2O2/c18-12-7-11(17(23)14(20)8-12)10-21-15-9-13(19)1-2-16(15)22-3-5-24-6-4-22/h1-2,7-10,23H,3-6H2. The lowest BCUT2D eigenvalue weighted by molar-refractivity contribution is 0.123. The monoisotopic (exact) mass is 428 g/mol. The highest BCUT2D eigenvalue weighted by Crippen LogP contribution is 2.34. The van der Waals surface area contributed by atoms with Gasteiger partial charge in [0.25, 0.3) is 0 Å². The molecule has 1 heterocycles. The third kappa shape index (κ3) is 4.03. The summed E-state index contributed by atoms with van der Waals surface area (Å²) in [5.74, 6) is -0.00133. The number of morpholine rings is 1. The van der Waals surface area contributed by atoms with Gasteiger partial charge in [0.1, 0.15) is 5.75 Å². The Kier molecular flexibility index (Phi) is 5.66. The number of aliphatic imine (C=N–C) groups is 1. The zero-order chi connectivity index (χ0) is 17.1. The van der Waals surface area contributed by atoms with Crippen LogP contribution in [0.3, 0.4) is 0 Å². The van der Waals surface area contributed by atoms with Crippen molar-refractivity contribution in [3.63, 3.8) is 0 Å². The van der Waals surface area contributed by atoms with Crippen molar-refractivity contribution >= 4 is 56.7 Å². The first kappa shape index (κ1) is 17.5. The van der Waals surface area contributed by atoms with Crippen molar-refractivity contribution in [3.05, 3.63) is 50.4 Å². The number of hydrogen-bond acceptors (Lipinski definition) is 4. The first-order valence-corrected chi connectivity index (χ1v) is 8.94. The van der Waals surface area contributed by atoms with Crippen LogP contribution < -0.4 is 4.90 Å². The van der Waals surface area contributed by atoms with Crippen LogP contribution in [-0.2, 0) is 4.74 Å². The van der Waals surface area contributed by atoms with Crippen molar-refractivity contribution in [2.45, 2.75) is 0 Å². The van der Waals surface area contributed by atoms with Crippen molar-refractivity contribution < 1.29 is 9.84 Å². The van der Waals surface area contributed by atoms with Crippen molar-refractivity contribution in [1.29, 1.82) is 0 Å². The Morgan fingerprint density at radius 2 is 1.92 bits per heavy atom. The molecule has 0 aromatic heterocycles. The van der Waals surface area contributed by atoms with Crippen molar-refractivity contribution in [2.24, 2.45) is 4.99 Å². The van der Waals surface area contributed by atoms with E-state index < -0.39 is 0 Å². The van der Waals surface area contributed by atoms with Gasteiger partial charge in [0, 0.05) is 34.4 Å². The lowest BCUT2D eigenvalue weighted by Crippen LogP contribution is -2.36. The number of halogens is 3. The molecular weight excluding hydrogens is 415 g/mol. The molecule has 3 rings (SSSR count). The molecule has 1 fully saturated rings. The number of hydrogen-bond donors (Lipinski definition) is 1. The van der Waals surface area contributed by atoms with Gasteiger partial charge in [0.2, 0.25) is 0 Å². The van der Waals surface area contributed by atoms with E-state index in [9.17, 15) is 5.11 Å². The van der Waals surface area contributed by atoms with E-state index in [-0.39, 0.29) is 10.8 Å². The second-order valence-electron chi connectivity index (χ2n) is 5.32. The van der Waals surface area contributed by atoms with Gasteiger partial charge in [-0.15, -0.1) is 0 Å². The number of ether oxygens (including phenoxy) is 1. The topological polar surface area (TPSA) is 45.1 Å². The van der Waals surface area contributed by atoms with Crippen LogP contribution >= 0.6 is 39.1 Å². The largest absolute Gasteiger partial charge is 0.506 e. The Bertz CT molecular complexity index is 777. The van der Waals surface area contributed by atoms with E-state index in [4.69, 9.17) is 27.9 Å². The van der Waals surface area contributed by atoms with E-state index >= 15 is 0 Å². The lowest BCUT2D eigenvalue weighted by atomic mass is 10.2. The van der Waals surface area contributed by atoms with Crippen LogP contribution in [0.25, 0.3) is 0 Å². The second kappa shape index (κ2) is 7.74. The first-order chi connectivity index (χ1) is 11.5. The van der Waals surface area contributed by atoms with E-state index in [1.807, 2.05) is 12.1 Å². The fourth-order valence-electron chi connectivity index (χ4n) is 2.50. The second-order valence-corrected chi connectivity index (χ2v) is 7.08. The van der Waals surface area contributed by atoms with Crippen LogP contribution in [0.1, 0.15) is 5.56 Å². The van der Waals surface area contributed by atoms with Crippen molar-refractivity contribution in [2.75, 3.05) is 31.2 Å². The number of anilines is 1. The van der Waals surface area contributed by atoms with Gasteiger partial charge in [-0.25, -0.2) is 0 Å². The van der Waals surface area contributed by atoms with E-state index in [0.717, 1.165) is 28.9 Å². The quantitative estimate of drug-likeness (QED) is 0.694. The molecular formula is C17H15BrCl2N2O2. The summed E-state index contributed by atoms with van der Waals surface area (Å²) in [4.78, 5) is 6.73. The predicted molar refractivity (Wildman–Crippen MR) is 103 cm³/mol. The Labute approximate surface area is 158 Å². The minimum absolute atomic E-state index is 0.00133. The highest BCUT2D eigenvalue weighted by atomic mass is 79.9. The molecule has 0 bridgehead atoms. The Hall–Kier alpha value is -1.27. The fraction of sp³-hybridized carbons (Fsp3) is 0.235. The molecule has 0 amide bonds. The lowest BCUT2D eigenvalue weighted by Gasteiger charge is -2.29. The number of nitrogens with zero attached hydrogens (tertiary/aromatic N) is 2. The van der Waals surface area contributed by atoms with Crippen LogP contribution in [0.15, 0.2) is 39.8 Å². The normalized spacial score (nSPS) is 15.2. The molecule has 1 aliphatic heterocycles. The summed E-state index contributed by atoms with van der Waals surface area (Å²) < 4.78 is 6.17. The van der Waals surface area contributed by atoms with Crippen LogP contribution in [0, 0.1) is 0 Å². The van der Waals surface area contributed by atoms with Gasteiger partial charge >= 0.3 is 0 Å². The summed E-state index contributed by atoms with van der Waals surface area (Å²) in [5, 5.41) is 11.0. The molecule has 2 aromatic carbocycles. The number of phenols is 1. The third-order valence-electron chi connectivity index (χ3n) is 3.69. The molecule has 1 N–H and O–H groups in total. The summed E-state index contributed by atoms with van der Waals surface area (Å²) in [7, 11) is 0. The Balaban J connectivity index is 1.96. The highest BCUT2D eigenvalue weighted by molar-refractivity contribution is 9.10. The zero-order valence-electron chi connectivity index (χ0n) is 12.7. The van der Waals surface area contributed by atoms with Gasteiger partial charge < -0.3 is 14.7 Å². The highest BCUT2D eigenvalue weighted by Gasteiger charge is 2.15. The van der Waals surface area contributed by atoms with Gasteiger partial charge in [-0.1, -0.05) is 39.1 Å². The fourth-order valence-corrected chi connectivity index (χ4v) is 3.50. The summed E-state index contributed by atoms with van der Waals surface area (Å²) in [6.45, 7) is 2.98. The summed E-state index contributed by atoms with van der Waals surface area (Å²) in [6, 6.07) is 8.99. The minimum Gasteiger partial charge on any atom is -0.506 e. The van der Waals surface area contributed by atoms with Crippen LogP contribution in [0.5, 0.6) is 5.75 Å². The summed E-state index contributed by atoms with van der Waals surface area (Å²) >= 11 is 15.5. The molecule has 0 radical (unpaired) electrons. The van der Waals surface area contributed by atoms with E-state index in [2.05, 4.69) is 25.8 Å². The van der Waals surface area contributed by atoms with Crippen LogP contribution in [-0.4, -0.2) is 37.6 Å². The van der Waals surface area contributed by atoms with E-state index in [1.54, 1.807) is 24.4 Å². The zero-order valence-corrected chi connectivity index (χ0v) is 15.8. The SMILES string of the molecule is Oc1c(Cl)cc(Br)cc1C=Nc1cc(Cl)ccc1N1CCOCC1. The molecule has 0 spiro atoms. The first-order valence-electron chi connectivity index (χ1n) is 7.39. The average Bonchev–Trinajstić information content (AvgIpc) is 2.57. The molecule has 2 aromatic rings. The molecule has 0 aliphatic carbocycles. The number of phenolic OH excluding ortho intramolecular Hbond substituents is 1. The maximum Gasteiger partial charge on any atom is 0.143 e. The molecule has 126 valence electrons. The smallest absolute Gasteiger partial charge is 0.143 e. The number of aromatic hydroxyl groups is 1. The average molecular weight is 430 g/mol. The van der Waals surface area contributed by atoms with Gasteiger partial charge in [0.05, 0.1) is 29.6 Å². The molecule has 7 heteroatoms. The van der Waals surface area contributed by atoms with Crippen LogP contribution in [0.4, 0.5) is 11.4 Å². The van der Waals surface area contributed by atoms with Gasteiger partial charge in [-0.3, -0.25) is 4.99 Å². The van der Waals surface area contributed by atoms with Gasteiger partial charge in [0.15, 0.2) is 0 Å². The summed E-state index contributed by atoms with van der Waals surface area (Å²) in [5.41, 5.74) is 2.25. The Morgan fingerprint density at radius 3 is 2.67 bits per heavy atom. The molecule has 24 heavy (non-hydrogen) atoms. The van der Waals surface area contributed by atoms with E-state index in [1.165, 1.54) is 0 Å². The third-order valence-corrected chi connectivity index (χ3v) is 4.67. The molecule has 0 unspecified atom stereocenters. The molecule has 0 atom stereocenters.